The van der Waals surface area contributed by atoms with Gasteiger partial charge in [0.05, 0.1) is 28.4 Å². The van der Waals surface area contributed by atoms with Crippen molar-refractivity contribution in [2.24, 2.45) is 0 Å². The Kier molecular flexibility index (Phi) is 7.21. The van der Waals surface area contributed by atoms with Crippen LogP contribution in [0.1, 0.15) is 39.2 Å². The first-order valence-electron chi connectivity index (χ1n) is 10.0. The van der Waals surface area contributed by atoms with E-state index in [-0.39, 0.29) is 11.8 Å². The molecule has 0 spiro atoms. The summed E-state index contributed by atoms with van der Waals surface area (Å²) in [5.74, 6) is 1.05. The minimum atomic E-state index is -0.261. The molecule has 170 valence electrons. The number of thiazole rings is 1. The number of anilines is 1. The summed E-state index contributed by atoms with van der Waals surface area (Å²) in [6.07, 6.45) is 1.67. The van der Waals surface area contributed by atoms with Crippen LogP contribution in [0.5, 0.6) is 0 Å². The second kappa shape index (κ2) is 10.3. The van der Waals surface area contributed by atoms with E-state index >= 15 is 0 Å². The van der Waals surface area contributed by atoms with Crippen molar-refractivity contribution in [1.82, 2.24) is 20.4 Å². The maximum absolute atomic E-state index is 13.0. The van der Waals surface area contributed by atoms with Gasteiger partial charge in [-0.25, -0.2) is 9.97 Å². The molecule has 0 saturated heterocycles. The van der Waals surface area contributed by atoms with Gasteiger partial charge in [0.15, 0.2) is 5.13 Å². The molecule has 4 heterocycles. The van der Waals surface area contributed by atoms with E-state index < -0.39 is 0 Å². The average Bonchev–Trinajstić information content (AvgIpc) is 3.52. The van der Waals surface area contributed by atoms with Gasteiger partial charge < -0.3 is 9.84 Å². The standard InChI is InChI=1S/C22H21N5O3S3/c1-12-17(13(2)30-27-12)10-31-21-16(5-4-8-23-21)20(29)26-22-25-18(11-32-22)19-7-6-15(33-19)9-24-14(3)28/h4-8,11H,9-10H2,1-3H3,(H,24,28)(H,25,26,29). The fourth-order valence-corrected chi connectivity index (χ4v) is 5.79. The molecule has 0 aliphatic heterocycles. The Balaban J connectivity index is 1.43. The predicted molar refractivity (Wildman–Crippen MR) is 131 cm³/mol. The molecule has 4 aromatic rings. The van der Waals surface area contributed by atoms with Gasteiger partial charge in [0.2, 0.25) is 5.91 Å². The van der Waals surface area contributed by atoms with Crippen LogP contribution >= 0.6 is 34.4 Å². The molecule has 0 atom stereocenters. The lowest BCUT2D eigenvalue weighted by Crippen LogP contribution is -2.17. The number of pyridine rings is 1. The molecule has 2 N–H and O–H groups in total. The minimum absolute atomic E-state index is 0.0664. The fraction of sp³-hybridized carbons (Fsp3) is 0.227. The number of nitrogens with one attached hydrogen (secondary N) is 2. The van der Waals surface area contributed by atoms with Gasteiger partial charge in [0.1, 0.15) is 10.8 Å². The van der Waals surface area contributed by atoms with Gasteiger partial charge in [-0.3, -0.25) is 14.9 Å². The number of hydrogen-bond donors (Lipinski definition) is 2. The van der Waals surface area contributed by atoms with E-state index in [4.69, 9.17) is 4.52 Å². The highest BCUT2D eigenvalue weighted by Crippen LogP contribution is 2.32. The van der Waals surface area contributed by atoms with Crippen LogP contribution in [0.25, 0.3) is 10.6 Å². The molecule has 0 aliphatic carbocycles. The van der Waals surface area contributed by atoms with Gasteiger partial charge in [0, 0.05) is 34.7 Å². The third kappa shape index (κ3) is 5.67. The normalized spacial score (nSPS) is 10.9. The molecule has 0 fully saturated rings. The number of carbonyl (C=O) groups is 2. The quantitative estimate of drug-likeness (QED) is 0.326. The Morgan fingerprint density at radius 2 is 2.06 bits per heavy atom. The molecule has 11 heteroatoms. The van der Waals surface area contributed by atoms with Gasteiger partial charge in [-0.1, -0.05) is 5.16 Å². The van der Waals surface area contributed by atoms with E-state index in [1.165, 1.54) is 30.0 Å². The number of rotatable bonds is 8. The van der Waals surface area contributed by atoms with Crippen LogP contribution in [-0.4, -0.2) is 26.9 Å². The Morgan fingerprint density at radius 1 is 1.21 bits per heavy atom. The number of carbonyl (C=O) groups excluding carboxylic acids is 2. The fourth-order valence-electron chi connectivity index (χ4n) is 2.96. The molecule has 4 rings (SSSR count). The SMILES string of the molecule is CC(=O)NCc1ccc(-c2csc(NC(=O)c3cccnc3SCc3c(C)noc3C)n2)s1. The molecule has 0 radical (unpaired) electrons. The van der Waals surface area contributed by atoms with Gasteiger partial charge in [0.25, 0.3) is 5.91 Å². The number of nitrogens with zero attached hydrogens (tertiary/aromatic N) is 3. The number of amides is 2. The van der Waals surface area contributed by atoms with E-state index in [1.807, 2.05) is 31.4 Å². The lowest BCUT2D eigenvalue weighted by Gasteiger charge is -2.07. The van der Waals surface area contributed by atoms with Gasteiger partial charge in [-0.15, -0.1) is 34.4 Å². The topological polar surface area (TPSA) is 110 Å². The van der Waals surface area contributed by atoms with Crippen molar-refractivity contribution in [3.05, 3.63) is 63.3 Å². The van der Waals surface area contributed by atoms with Gasteiger partial charge in [-0.2, -0.15) is 0 Å². The highest BCUT2D eigenvalue weighted by molar-refractivity contribution is 7.98. The second-order valence-electron chi connectivity index (χ2n) is 7.12. The lowest BCUT2D eigenvalue weighted by molar-refractivity contribution is -0.119. The molecule has 4 aromatic heterocycles. The third-order valence-electron chi connectivity index (χ3n) is 4.70. The smallest absolute Gasteiger partial charge is 0.260 e. The van der Waals surface area contributed by atoms with E-state index in [9.17, 15) is 9.59 Å². The van der Waals surface area contributed by atoms with Crippen LogP contribution in [0.2, 0.25) is 0 Å². The predicted octanol–water partition coefficient (Wildman–Crippen LogP) is 5.05. The first-order valence-corrected chi connectivity index (χ1v) is 12.7. The monoisotopic (exact) mass is 499 g/mol. The molecule has 0 aliphatic rings. The molecule has 0 bridgehead atoms. The molecule has 0 saturated carbocycles. The number of hydrogen-bond acceptors (Lipinski definition) is 9. The van der Waals surface area contributed by atoms with E-state index in [2.05, 4.69) is 25.8 Å². The zero-order chi connectivity index (χ0) is 23.4. The van der Waals surface area contributed by atoms with Crippen LogP contribution in [0, 0.1) is 13.8 Å². The van der Waals surface area contributed by atoms with Crippen LogP contribution in [0.3, 0.4) is 0 Å². The van der Waals surface area contributed by atoms with Crippen molar-refractivity contribution >= 4 is 51.4 Å². The summed E-state index contributed by atoms with van der Waals surface area (Å²) < 4.78 is 5.22. The number of thioether (sulfide) groups is 1. The molecule has 33 heavy (non-hydrogen) atoms. The number of aryl methyl sites for hydroxylation is 2. The Morgan fingerprint density at radius 3 is 2.82 bits per heavy atom. The molecular weight excluding hydrogens is 478 g/mol. The lowest BCUT2D eigenvalue weighted by atomic mass is 10.2. The highest BCUT2D eigenvalue weighted by atomic mass is 32.2. The molecular formula is C22H21N5O3S3. The highest BCUT2D eigenvalue weighted by Gasteiger charge is 2.17. The van der Waals surface area contributed by atoms with Crippen LogP contribution in [0.4, 0.5) is 5.13 Å². The summed E-state index contributed by atoms with van der Waals surface area (Å²) >= 11 is 4.39. The zero-order valence-electron chi connectivity index (χ0n) is 18.2. The van der Waals surface area contributed by atoms with Gasteiger partial charge in [-0.05, 0) is 38.1 Å². The number of aromatic nitrogens is 3. The summed E-state index contributed by atoms with van der Waals surface area (Å²) in [5.41, 5.74) is 3.12. The first kappa shape index (κ1) is 23.1. The largest absolute Gasteiger partial charge is 0.361 e. The van der Waals surface area contributed by atoms with Crippen molar-refractivity contribution < 1.29 is 14.1 Å². The summed E-state index contributed by atoms with van der Waals surface area (Å²) in [6, 6.07) is 7.42. The van der Waals surface area contributed by atoms with Crippen molar-refractivity contribution in [1.29, 1.82) is 0 Å². The van der Waals surface area contributed by atoms with Crippen molar-refractivity contribution in [2.75, 3.05) is 5.32 Å². The van der Waals surface area contributed by atoms with Crippen LogP contribution < -0.4 is 10.6 Å². The van der Waals surface area contributed by atoms with E-state index in [0.717, 1.165) is 32.5 Å². The first-order chi connectivity index (χ1) is 15.9. The summed E-state index contributed by atoms with van der Waals surface area (Å²) in [4.78, 5) is 35.0. The molecule has 0 aromatic carbocycles. The Hall–Kier alpha value is -3.02. The summed E-state index contributed by atoms with van der Waals surface area (Å²) in [7, 11) is 0. The zero-order valence-corrected chi connectivity index (χ0v) is 20.6. The van der Waals surface area contributed by atoms with Crippen molar-refractivity contribution in [2.45, 2.75) is 38.1 Å². The minimum Gasteiger partial charge on any atom is -0.361 e. The maximum Gasteiger partial charge on any atom is 0.260 e. The van der Waals surface area contributed by atoms with E-state index in [0.29, 0.717) is 28.0 Å². The number of thiophene rings is 1. The molecule has 8 nitrogen and oxygen atoms in total. The van der Waals surface area contributed by atoms with Gasteiger partial charge >= 0.3 is 0 Å². The Bertz CT molecular complexity index is 1270. The summed E-state index contributed by atoms with van der Waals surface area (Å²) in [6.45, 7) is 5.75. The van der Waals surface area contributed by atoms with Crippen LogP contribution in [0.15, 0.2) is 45.4 Å². The Labute approximate surface area is 202 Å². The second-order valence-corrected chi connectivity index (χ2v) is 10.1. The maximum atomic E-state index is 13.0. The average molecular weight is 500 g/mol. The summed E-state index contributed by atoms with van der Waals surface area (Å²) in [5, 5.41) is 12.7. The van der Waals surface area contributed by atoms with Crippen molar-refractivity contribution in [3.63, 3.8) is 0 Å². The third-order valence-corrected chi connectivity index (χ3v) is 7.60. The molecule has 0 unspecified atom stereocenters. The van der Waals surface area contributed by atoms with Crippen molar-refractivity contribution in [3.8, 4) is 10.6 Å². The molecule has 2 amide bonds. The van der Waals surface area contributed by atoms with Crippen LogP contribution in [-0.2, 0) is 17.1 Å². The van der Waals surface area contributed by atoms with E-state index in [1.54, 1.807) is 29.7 Å².